The molecule has 0 aromatic heterocycles. The number of carbonyl (C=O) groups is 1. The maximum atomic E-state index is 11.2. The first-order chi connectivity index (χ1) is 8.13. The van der Waals surface area contributed by atoms with E-state index < -0.39 is 16.2 Å². The number of hydrogen-bond donors (Lipinski definition) is 1. The molecule has 0 spiro atoms. The summed E-state index contributed by atoms with van der Waals surface area (Å²) in [5.41, 5.74) is -0.339. The zero-order chi connectivity index (χ0) is 14.0. The summed E-state index contributed by atoms with van der Waals surface area (Å²) < 4.78 is 26.2. The van der Waals surface area contributed by atoms with Gasteiger partial charge >= 0.3 is 6.09 Å². The summed E-state index contributed by atoms with van der Waals surface area (Å²) in [4.78, 5) is 12.7. The average Bonchev–Trinajstić information content (AvgIpc) is 2.47. The summed E-state index contributed by atoms with van der Waals surface area (Å²) in [6.07, 6.45) is 2.92. The van der Waals surface area contributed by atoms with Crippen molar-refractivity contribution < 1.29 is 22.5 Å². The van der Waals surface area contributed by atoms with Gasteiger partial charge in [-0.1, -0.05) is 0 Å². The largest absolute Gasteiger partial charge is 0.465 e. The lowest BCUT2D eigenvalue weighted by atomic mass is 10.0. The molecule has 0 bridgehead atoms. The van der Waals surface area contributed by atoms with Gasteiger partial charge in [0, 0.05) is 11.6 Å². The van der Waals surface area contributed by atoms with Gasteiger partial charge in [0.2, 0.25) is 0 Å². The Bertz CT molecular complexity index is 404. The Balaban J connectivity index is 2.45. The van der Waals surface area contributed by atoms with Crippen molar-refractivity contribution >= 4 is 16.2 Å². The molecule has 1 N–H and O–H groups in total. The first kappa shape index (κ1) is 15.2. The predicted molar refractivity (Wildman–Crippen MR) is 67.0 cm³/mol. The van der Waals surface area contributed by atoms with Crippen LogP contribution >= 0.6 is 0 Å². The zero-order valence-corrected chi connectivity index (χ0v) is 11.9. The molecule has 1 amide bonds. The van der Waals surface area contributed by atoms with Gasteiger partial charge < -0.3 is 10.0 Å². The third-order valence-electron chi connectivity index (χ3n) is 3.29. The lowest BCUT2D eigenvalue weighted by Crippen LogP contribution is -2.46. The normalized spacial score (nSPS) is 23.3. The van der Waals surface area contributed by atoms with Crippen molar-refractivity contribution in [3.63, 3.8) is 0 Å². The van der Waals surface area contributed by atoms with Crippen molar-refractivity contribution in [1.82, 2.24) is 4.90 Å². The Hall–Kier alpha value is -0.820. The van der Waals surface area contributed by atoms with Crippen LogP contribution < -0.4 is 0 Å². The Morgan fingerprint density at radius 1 is 1.50 bits per heavy atom. The molecule has 1 aliphatic heterocycles. The summed E-state index contributed by atoms with van der Waals surface area (Å²) in [6.45, 7) is 3.94. The van der Waals surface area contributed by atoms with Gasteiger partial charge in [0.05, 0.1) is 12.9 Å². The maximum absolute atomic E-state index is 11.2. The fourth-order valence-electron chi connectivity index (χ4n) is 2.48. The van der Waals surface area contributed by atoms with E-state index >= 15 is 0 Å². The van der Waals surface area contributed by atoms with Crippen LogP contribution in [0, 0.1) is 0 Å². The lowest BCUT2D eigenvalue weighted by Gasteiger charge is -2.33. The van der Waals surface area contributed by atoms with Crippen molar-refractivity contribution in [3.05, 3.63) is 0 Å². The van der Waals surface area contributed by atoms with Crippen molar-refractivity contribution in [3.8, 4) is 0 Å². The highest BCUT2D eigenvalue weighted by Gasteiger charge is 2.42. The van der Waals surface area contributed by atoms with Gasteiger partial charge in [-0.3, -0.25) is 4.18 Å². The lowest BCUT2D eigenvalue weighted by molar-refractivity contribution is 0.0920. The Labute approximate surface area is 108 Å². The van der Waals surface area contributed by atoms with Gasteiger partial charge in [-0.05, 0) is 39.5 Å². The molecule has 1 saturated heterocycles. The number of hydrogen-bond acceptors (Lipinski definition) is 4. The van der Waals surface area contributed by atoms with E-state index in [1.165, 1.54) is 4.90 Å². The number of carboxylic acid groups (broad SMARTS) is 1. The van der Waals surface area contributed by atoms with Crippen LogP contribution in [0.25, 0.3) is 0 Å². The second kappa shape index (κ2) is 5.44. The highest BCUT2D eigenvalue weighted by molar-refractivity contribution is 7.85. The molecule has 18 heavy (non-hydrogen) atoms. The van der Waals surface area contributed by atoms with E-state index in [4.69, 9.17) is 0 Å². The monoisotopic (exact) mass is 279 g/mol. The van der Waals surface area contributed by atoms with Gasteiger partial charge in [-0.2, -0.15) is 8.42 Å². The molecule has 0 saturated carbocycles. The Kier molecular flexibility index (Phi) is 4.61. The molecule has 7 heteroatoms. The average molecular weight is 279 g/mol. The second-order valence-corrected chi connectivity index (χ2v) is 6.97. The van der Waals surface area contributed by atoms with Gasteiger partial charge in [0.25, 0.3) is 10.1 Å². The molecule has 1 atom stereocenters. The van der Waals surface area contributed by atoms with Gasteiger partial charge in [0.15, 0.2) is 0 Å². The van der Waals surface area contributed by atoms with Crippen LogP contribution in [0.2, 0.25) is 0 Å². The summed E-state index contributed by atoms with van der Waals surface area (Å²) in [5.74, 6) is 0. The highest BCUT2D eigenvalue weighted by Crippen LogP contribution is 2.35. The van der Waals surface area contributed by atoms with Crippen molar-refractivity contribution in [2.24, 2.45) is 0 Å². The highest BCUT2D eigenvalue weighted by atomic mass is 32.2. The van der Waals surface area contributed by atoms with E-state index in [1.54, 1.807) is 0 Å². The standard InChI is InChI=1S/C11H21NO5S/c1-11(2)7-6-9(12(11)10(13)14)5-4-8-17-18(3,15)16/h9H,4-8H2,1-3H3,(H,13,14). The molecule has 1 heterocycles. The van der Waals surface area contributed by atoms with Crippen LogP contribution in [-0.4, -0.2) is 49.0 Å². The van der Waals surface area contributed by atoms with Crippen LogP contribution in [0.15, 0.2) is 0 Å². The molecule has 0 aromatic rings. The van der Waals surface area contributed by atoms with Gasteiger partial charge in [0.1, 0.15) is 0 Å². The molecule has 1 aliphatic rings. The van der Waals surface area contributed by atoms with E-state index in [0.29, 0.717) is 12.8 Å². The van der Waals surface area contributed by atoms with Crippen LogP contribution in [0.1, 0.15) is 39.5 Å². The van der Waals surface area contributed by atoms with Crippen LogP contribution in [0.4, 0.5) is 4.79 Å². The molecule has 1 rings (SSSR count). The van der Waals surface area contributed by atoms with Crippen LogP contribution in [0.5, 0.6) is 0 Å². The molecule has 6 nitrogen and oxygen atoms in total. The van der Waals surface area contributed by atoms with E-state index in [2.05, 4.69) is 4.18 Å². The van der Waals surface area contributed by atoms with Gasteiger partial charge in [-0.15, -0.1) is 0 Å². The minimum Gasteiger partial charge on any atom is -0.465 e. The number of rotatable bonds is 5. The van der Waals surface area contributed by atoms with Gasteiger partial charge in [-0.25, -0.2) is 4.79 Å². The Morgan fingerprint density at radius 3 is 2.61 bits per heavy atom. The zero-order valence-electron chi connectivity index (χ0n) is 11.0. The third-order valence-corrected chi connectivity index (χ3v) is 3.89. The van der Waals surface area contributed by atoms with E-state index in [-0.39, 0.29) is 18.2 Å². The van der Waals surface area contributed by atoms with Crippen molar-refractivity contribution in [2.75, 3.05) is 12.9 Å². The molecular weight excluding hydrogens is 258 g/mol. The quantitative estimate of drug-likeness (QED) is 0.611. The maximum Gasteiger partial charge on any atom is 0.407 e. The fourth-order valence-corrected chi connectivity index (χ4v) is 2.90. The van der Waals surface area contributed by atoms with Crippen molar-refractivity contribution in [1.29, 1.82) is 0 Å². The molecule has 0 aliphatic carbocycles. The molecule has 1 fully saturated rings. The predicted octanol–water partition coefficient (Wildman–Crippen LogP) is 1.66. The van der Waals surface area contributed by atoms with E-state index in [9.17, 15) is 18.3 Å². The molecule has 0 radical (unpaired) electrons. The molecule has 106 valence electrons. The fraction of sp³-hybridized carbons (Fsp3) is 0.909. The van der Waals surface area contributed by atoms with Crippen molar-refractivity contribution in [2.45, 2.75) is 51.1 Å². The Morgan fingerprint density at radius 2 is 2.11 bits per heavy atom. The summed E-state index contributed by atoms with van der Waals surface area (Å²) in [7, 11) is -3.40. The topological polar surface area (TPSA) is 83.9 Å². The van der Waals surface area contributed by atoms with Crippen LogP contribution in [0.3, 0.4) is 0 Å². The number of amides is 1. The SMILES string of the molecule is CC1(C)CCC(CCCOS(C)(=O)=O)N1C(=O)O. The summed E-state index contributed by atoms with van der Waals surface area (Å²) >= 11 is 0. The first-order valence-electron chi connectivity index (χ1n) is 6.00. The van der Waals surface area contributed by atoms with E-state index in [0.717, 1.165) is 19.1 Å². The number of nitrogens with zero attached hydrogens (tertiary/aromatic N) is 1. The minimum atomic E-state index is -3.40. The summed E-state index contributed by atoms with van der Waals surface area (Å²) in [6, 6.07) is -0.0411. The molecule has 1 unspecified atom stereocenters. The summed E-state index contributed by atoms with van der Waals surface area (Å²) in [5, 5.41) is 9.20. The molecular formula is C11H21NO5S. The third kappa shape index (κ3) is 4.13. The number of likely N-dealkylation sites (tertiary alicyclic amines) is 1. The smallest absolute Gasteiger partial charge is 0.407 e. The van der Waals surface area contributed by atoms with E-state index in [1.807, 2.05) is 13.8 Å². The first-order valence-corrected chi connectivity index (χ1v) is 7.82. The second-order valence-electron chi connectivity index (χ2n) is 5.33. The minimum absolute atomic E-state index is 0.0411. The molecule has 0 aromatic carbocycles. The van der Waals surface area contributed by atoms with Crippen LogP contribution in [-0.2, 0) is 14.3 Å².